The number of hydrazine groups is 1. The molecule has 1 amide bonds. The standard InChI is InChI=1S/C8H8ClFN2O2/c9-5-1-2-7(6(10)3-5)14-4-8(13)12-11/h1-3H,4,11H2,(H,12,13). The lowest BCUT2D eigenvalue weighted by atomic mass is 10.3. The van der Waals surface area contributed by atoms with E-state index in [0.29, 0.717) is 0 Å². The highest BCUT2D eigenvalue weighted by Crippen LogP contribution is 2.20. The molecule has 0 atom stereocenters. The predicted octanol–water partition coefficient (Wildman–Crippen LogP) is 0.848. The first kappa shape index (κ1) is 10.7. The SMILES string of the molecule is NNC(=O)COc1ccc(Cl)cc1F. The molecule has 14 heavy (non-hydrogen) atoms. The minimum absolute atomic E-state index is 0.0435. The zero-order valence-electron chi connectivity index (χ0n) is 7.09. The van der Waals surface area contributed by atoms with Crippen molar-refractivity contribution in [3.8, 4) is 5.75 Å². The molecule has 1 aromatic rings. The Balaban J connectivity index is 2.63. The van der Waals surface area contributed by atoms with Gasteiger partial charge in [0.05, 0.1) is 0 Å². The van der Waals surface area contributed by atoms with E-state index in [-0.39, 0.29) is 17.4 Å². The molecule has 0 spiro atoms. The topological polar surface area (TPSA) is 64.3 Å². The van der Waals surface area contributed by atoms with Crippen molar-refractivity contribution in [2.45, 2.75) is 0 Å². The van der Waals surface area contributed by atoms with E-state index >= 15 is 0 Å². The van der Waals surface area contributed by atoms with E-state index in [1.807, 2.05) is 5.43 Å². The number of nitrogens with one attached hydrogen (secondary N) is 1. The number of carbonyl (C=O) groups is 1. The van der Waals surface area contributed by atoms with E-state index in [2.05, 4.69) is 0 Å². The van der Waals surface area contributed by atoms with Crippen molar-refractivity contribution in [3.63, 3.8) is 0 Å². The van der Waals surface area contributed by atoms with Crippen LogP contribution < -0.4 is 16.0 Å². The Morgan fingerprint density at radius 2 is 2.36 bits per heavy atom. The summed E-state index contributed by atoms with van der Waals surface area (Å²) in [5.74, 6) is 3.60. The summed E-state index contributed by atoms with van der Waals surface area (Å²) >= 11 is 5.51. The largest absolute Gasteiger partial charge is 0.481 e. The number of rotatable bonds is 3. The molecule has 0 saturated carbocycles. The molecule has 4 nitrogen and oxygen atoms in total. The predicted molar refractivity (Wildman–Crippen MR) is 49.2 cm³/mol. The van der Waals surface area contributed by atoms with Crippen LogP contribution in [0.3, 0.4) is 0 Å². The molecule has 0 saturated heterocycles. The summed E-state index contributed by atoms with van der Waals surface area (Å²) in [5.41, 5.74) is 1.85. The van der Waals surface area contributed by atoms with Crippen molar-refractivity contribution in [1.29, 1.82) is 0 Å². The molecule has 0 bridgehead atoms. The molecule has 0 radical (unpaired) electrons. The lowest BCUT2D eigenvalue weighted by Crippen LogP contribution is -2.34. The third kappa shape index (κ3) is 2.86. The van der Waals surface area contributed by atoms with Crippen LogP contribution in [0, 0.1) is 5.82 Å². The maximum atomic E-state index is 13.0. The van der Waals surface area contributed by atoms with Gasteiger partial charge in [0, 0.05) is 5.02 Å². The van der Waals surface area contributed by atoms with E-state index < -0.39 is 11.7 Å². The van der Waals surface area contributed by atoms with Crippen LogP contribution >= 0.6 is 11.6 Å². The highest BCUT2D eigenvalue weighted by Gasteiger charge is 2.05. The Morgan fingerprint density at radius 3 is 2.93 bits per heavy atom. The van der Waals surface area contributed by atoms with Crippen molar-refractivity contribution in [2.24, 2.45) is 5.84 Å². The molecule has 3 N–H and O–H groups in total. The van der Waals surface area contributed by atoms with Gasteiger partial charge >= 0.3 is 0 Å². The number of halogens is 2. The molecule has 0 aromatic heterocycles. The third-order valence-electron chi connectivity index (χ3n) is 1.41. The Bertz CT molecular complexity index is 346. The molecule has 6 heteroatoms. The maximum absolute atomic E-state index is 13.0. The van der Waals surface area contributed by atoms with Gasteiger partial charge in [0.2, 0.25) is 0 Å². The van der Waals surface area contributed by atoms with Crippen LogP contribution in [0.5, 0.6) is 5.75 Å². The molecule has 0 aliphatic carbocycles. The minimum atomic E-state index is -0.623. The molecule has 1 rings (SSSR count). The Hall–Kier alpha value is -1.33. The van der Waals surface area contributed by atoms with E-state index in [9.17, 15) is 9.18 Å². The van der Waals surface area contributed by atoms with Gasteiger partial charge in [0.25, 0.3) is 5.91 Å². The summed E-state index contributed by atoms with van der Waals surface area (Å²) in [6, 6.07) is 3.89. The number of ether oxygens (including phenoxy) is 1. The minimum Gasteiger partial charge on any atom is -0.481 e. The zero-order valence-corrected chi connectivity index (χ0v) is 7.84. The van der Waals surface area contributed by atoms with E-state index in [1.165, 1.54) is 12.1 Å². The molecule has 0 aliphatic rings. The number of amides is 1. The van der Waals surface area contributed by atoms with Crippen molar-refractivity contribution < 1.29 is 13.9 Å². The average Bonchev–Trinajstić information content (AvgIpc) is 2.16. The molecule has 0 unspecified atom stereocenters. The summed E-state index contributed by atoms with van der Waals surface area (Å²) in [4.78, 5) is 10.7. The fourth-order valence-electron chi connectivity index (χ4n) is 0.777. The molecular formula is C8H8ClFN2O2. The number of benzene rings is 1. The highest BCUT2D eigenvalue weighted by molar-refractivity contribution is 6.30. The van der Waals surface area contributed by atoms with Gasteiger partial charge in [0.1, 0.15) is 0 Å². The van der Waals surface area contributed by atoms with Gasteiger partial charge in [0.15, 0.2) is 18.2 Å². The van der Waals surface area contributed by atoms with E-state index in [4.69, 9.17) is 22.2 Å². The monoisotopic (exact) mass is 218 g/mol. The lowest BCUT2D eigenvalue weighted by Gasteiger charge is -2.05. The zero-order chi connectivity index (χ0) is 10.6. The third-order valence-corrected chi connectivity index (χ3v) is 1.65. The van der Waals surface area contributed by atoms with Crippen molar-refractivity contribution >= 4 is 17.5 Å². The Morgan fingerprint density at radius 1 is 1.64 bits per heavy atom. The molecule has 0 aliphatic heterocycles. The van der Waals surface area contributed by atoms with E-state index in [1.54, 1.807) is 0 Å². The highest BCUT2D eigenvalue weighted by atomic mass is 35.5. The smallest absolute Gasteiger partial charge is 0.271 e. The fraction of sp³-hybridized carbons (Fsp3) is 0.125. The van der Waals surface area contributed by atoms with Gasteiger partial charge in [-0.1, -0.05) is 11.6 Å². The number of hydrogen-bond donors (Lipinski definition) is 2. The van der Waals surface area contributed by atoms with Gasteiger partial charge in [-0.3, -0.25) is 10.2 Å². The van der Waals surface area contributed by atoms with Crippen LogP contribution in [-0.2, 0) is 4.79 Å². The van der Waals surface area contributed by atoms with Gasteiger partial charge in [-0.15, -0.1) is 0 Å². The van der Waals surface area contributed by atoms with Crippen molar-refractivity contribution in [2.75, 3.05) is 6.61 Å². The summed E-state index contributed by atoms with van der Waals surface area (Å²) in [7, 11) is 0. The number of hydrogen-bond acceptors (Lipinski definition) is 3. The maximum Gasteiger partial charge on any atom is 0.271 e. The second-order valence-electron chi connectivity index (χ2n) is 2.43. The Kier molecular flexibility index (Phi) is 3.67. The normalized spacial score (nSPS) is 9.64. The van der Waals surface area contributed by atoms with Crippen LogP contribution in [0.4, 0.5) is 4.39 Å². The first-order valence-electron chi connectivity index (χ1n) is 3.71. The van der Waals surface area contributed by atoms with Crippen molar-refractivity contribution in [1.82, 2.24) is 5.43 Å². The summed E-state index contributed by atoms with van der Waals surface area (Å²) in [6.45, 7) is -0.338. The number of nitrogens with two attached hydrogens (primary N) is 1. The first-order chi connectivity index (χ1) is 6.63. The summed E-state index contributed by atoms with van der Waals surface area (Å²) < 4.78 is 17.9. The Labute approximate surface area is 84.8 Å². The van der Waals surface area contributed by atoms with Crippen LogP contribution in [-0.4, -0.2) is 12.5 Å². The molecule has 76 valence electrons. The van der Waals surface area contributed by atoms with Gasteiger partial charge in [-0.2, -0.15) is 0 Å². The fourth-order valence-corrected chi connectivity index (χ4v) is 0.936. The summed E-state index contributed by atoms with van der Waals surface area (Å²) in [5, 5.41) is 0.262. The second kappa shape index (κ2) is 4.78. The molecule has 1 aromatic carbocycles. The second-order valence-corrected chi connectivity index (χ2v) is 2.87. The van der Waals surface area contributed by atoms with Gasteiger partial charge < -0.3 is 4.74 Å². The molecule has 0 fully saturated rings. The van der Waals surface area contributed by atoms with Crippen LogP contribution in [0.2, 0.25) is 5.02 Å². The van der Waals surface area contributed by atoms with Gasteiger partial charge in [-0.25, -0.2) is 10.2 Å². The lowest BCUT2D eigenvalue weighted by molar-refractivity contribution is -0.123. The van der Waals surface area contributed by atoms with Crippen LogP contribution in [0.1, 0.15) is 0 Å². The quantitative estimate of drug-likeness (QED) is 0.449. The number of carbonyl (C=O) groups excluding carboxylic acids is 1. The van der Waals surface area contributed by atoms with Crippen LogP contribution in [0.15, 0.2) is 18.2 Å². The molecular weight excluding hydrogens is 211 g/mol. The average molecular weight is 219 g/mol. The van der Waals surface area contributed by atoms with Crippen molar-refractivity contribution in [3.05, 3.63) is 29.0 Å². The summed E-state index contributed by atoms with van der Waals surface area (Å²) in [6.07, 6.45) is 0. The van der Waals surface area contributed by atoms with Crippen LogP contribution in [0.25, 0.3) is 0 Å². The molecule has 0 heterocycles. The van der Waals surface area contributed by atoms with E-state index in [0.717, 1.165) is 6.07 Å². The first-order valence-corrected chi connectivity index (χ1v) is 4.08. The van der Waals surface area contributed by atoms with Gasteiger partial charge in [-0.05, 0) is 18.2 Å².